The van der Waals surface area contributed by atoms with Gasteiger partial charge in [-0.05, 0) is 43.5 Å². The van der Waals surface area contributed by atoms with Crippen LogP contribution in [0, 0.1) is 5.92 Å². The number of anilines is 1. The zero-order valence-corrected chi connectivity index (χ0v) is 10.9. The summed E-state index contributed by atoms with van der Waals surface area (Å²) in [6.45, 7) is 0. The van der Waals surface area contributed by atoms with Crippen LogP contribution >= 0.6 is 0 Å². The fraction of sp³-hybridized carbons (Fsp3) is 0.400. The topological polar surface area (TPSA) is 70.9 Å². The van der Waals surface area contributed by atoms with Crippen molar-refractivity contribution in [1.82, 2.24) is 4.98 Å². The van der Waals surface area contributed by atoms with Gasteiger partial charge >= 0.3 is 0 Å². The molecule has 1 heterocycles. The molecule has 1 aliphatic rings. The molecule has 1 aliphatic carbocycles. The average molecular weight is 257 g/mol. The zero-order chi connectivity index (χ0) is 13.2. The van der Waals surface area contributed by atoms with Crippen molar-refractivity contribution in [1.29, 1.82) is 0 Å². The number of nitrogens with two attached hydrogens (primary N) is 1. The van der Waals surface area contributed by atoms with Gasteiger partial charge in [0.25, 0.3) is 0 Å². The van der Waals surface area contributed by atoms with E-state index in [9.17, 15) is 4.79 Å². The van der Waals surface area contributed by atoms with Gasteiger partial charge in [-0.3, -0.25) is 4.79 Å². The molecule has 1 aromatic carbocycles. The molecule has 0 radical (unpaired) electrons. The van der Waals surface area contributed by atoms with Gasteiger partial charge in [-0.1, -0.05) is 6.42 Å². The van der Waals surface area contributed by atoms with E-state index >= 15 is 0 Å². The first-order valence-electron chi connectivity index (χ1n) is 6.86. The lowest BCUT2D eigenvalue weighted by atomic mass is 9.85. The molecule has 4 heteroatoms. The Labute approximate surface area is 112 Å². The average Bonchev–Trinajstić information content (AvgIpc) is 2.86. The van der Waals surface area contributed by atoms with Crippen molar-refractivity contribution in [2.75, 3.05) is 5.32 Å². The van der Waals surface area contributed by atoms with Crippen LogP contribution < -0.4 is 11.1 Å². The van der Waals surface area contributed by atoms with Gasteiger partial charge in [-0.25, -0.2) is 0 Å². The number of fused-ring (bicyclic) bond motifs is 1. The monoisotopic (exact) mass is 257 g/mol. The number of hydrogen-bond acceptors (Lipinski definition) is 2. The molecule has 1 saturated carbocycles. The summed E-state index contributed by atoms with van der Waals surface area (Å²) in [5.74, 6) is 0.163. The number of nitrogens with one attached hydrogen (secondary N) is 2. The molecule has 2 unspecified atom stereocenters. The van der Waals surface area contributed by atoms with E-state index < -0.39 is 0 Å². The number of H-pyrrole nitrogens is 1. The molecule has 19 heavy (non-hydrogen) atoms. The molecule has 1 amide bonds. The fourth-order valence-electron chi connectivity index (χ4n) is 2.84. The second-order valence-corrected chi connectivity index (χ2v) is 5.39. The van der Waals surface area contributed by atoms with Crippen LogP contribution in [0.1, 0.15) is 25.7 Å². The maximum Gasteiger partial charge on any atom is 0.227 e. The molecule has 1 fully saturated rings. The molecule has 0 saturated heterocycles. The van der Waals surface area contributed by atoms with E-state index in [4.69, 9.17) is 5.73 Å². The van der Waals surface area contributed by atoms with Gasteiger partial charge in [0.15, 0.2) is 0 Å². The first-order chi connectivity index (χ1) is 9.22. The normalized spacial score (nSPS) is 23.4. The summed E-state index contributed by atoms with van der Waals surface area (Å²) < 4.78 is 0. The lowest BCUT2D eigenvalue weighted by Crippen LogP contribution is -2.34. The molecule has 4 N–H and O–H groups in total. The van der Waals surface area contributed by atoms with Crippen molar-refractivity contribution in [3.63, 3.8) is 0 Å². The molecule has 0 aliphatic heterocycles. The molecule has 0 bridgehead atoms. The van der Waals surface area contributed by atoms with Gasteiger partial charge in [0, 0.05) is 34.7 Å². The number of hydrogen-bond donors (Lipinski definition) is 3. The summed E-state index contributed by atoms with van der Waals surface area (Å²) in [6.07, 6.45) is 5.75. The Morgan fingerprint density at radius 3 is 3.05 bits per heavy atom. The van der Waals surface area contributed by atoms with Crippen LogP contribution in [-0.4, -0.2) is 16.9 Å². The second kappa shape index (κ2) is 5.05. The SMILES string of the molecule is NC1CCCC(C(=O)Nc2ccc3[nH]ccc3c2)C1. The first-order valence-corrected chi connectivity index (χ1v) is 6.86. The Bertz CT molecular complexity index is 590. The number of amides is 1. The van der Waals surface area contributed by atoms with E-state index in [2.05, 4.69) is 10.3 Å². The highest BCUT2D eigenvalue weighted by Gasteiger charge is 2.25. The highest BCUT2D eigenvalue weighted by atomic mass is 16.1. The summed E-state index contributed by atoms with van der Waals surface area (Å²) in [4.78, 5) is 15.4. The quantitative estimate of drug-likeness (QED) is 0.774. The summed E-state index contributed by atoms with van der Waals surface area (Å²) in [5, 5.41) is 4.12. The minimum atomic E-state index is 0.0608. The molecule has 3 rings (SSSR count). The van der Waals surface area contributed by atoms with Crippen LogP contribution in [-0.2, 0) is 4.79 Å². The smallest absolute Gasteiger partial charge is 0.227 e. The molecule has 1 aromatic heterocycles. The standard InChI is InChI=1S/C15H19N3O/c16-12-3-1-2-11(8-12)15(19)18-13-4-5-14-10(9-13)6-7-17-14/h4-7,9,11-12,17H,1-3,8,16H2,(H,18,19). The van der Waals surface area contributed by atoms with Crippen molar-refractivity contribution in [2.24, 2.45) is 11.7 Å². The largest absolute Gasteiger partial charge is 0.361 e. The Morgan fingerprint density at radius 2 is 2.21 bits per heavy atom. The highest BCUT2D eigenvalue weighted by Crippen LogP contribution is 2.25. The number of rotatable bonds is 2. The third-order valence-corrected chi connectivity index (χ3v) is 3.91. The van der Waals surface area contributed by atoms with E-state index in [0.29, 0.717) is 0 Å². The second-order valence-electron chi connectivity index (χ2n) is 5.39. The van der Waals surface area contributed by atoms with E-state index in [0.717, 1.165) is 42.3 Å². The molecule has 0 spiro atoms. The van der Waals surface area contributed by atoms with Gasteiger partial charge in [-0.2, -0.15) is 0 Å². The Morgan fingerprint density at radius 1 is 1.32 bits per heavy atom. The van der Waals surface area contributed by atoms with E-state index in [-0.39, 0.29) is 17.9 Å². The van der Waals surface area contributed by atoms with Gasteiger partial charge in [0.2, 0.25) is 5.91 Å². The molecule has 4 nitrogen and oxygen atoms in total. The van der Waals surface area contributed by atoms with Crippen LogP contribution in [0.4, 0.5) is 5.69 Å². The van der Waals surface area contributed by atoms with Crippen LogP contribution in [0.2, 0.25) is 0 Å². The third-order valence-electron chi connectivity index (χ3n) is 3.91. The van der Waals surface area contributed by atoms with Gasteiger partial charge in [0.05, 0.1) is 0 Å². The van der Waals surface area contributed by atoms with Crippen molar-refractivity contribution >= 4 is 22.5 Å². The Balaban J connectivity index is 1.71. The van der Waals surface area contributed by atoms with Crippen LogP contribution in [0.25, 0.3) is 10.9 Å². The zero-order valence-electron chi connectivity index (χ0n) is 10.9. The summed E-state index contributed by atoms with van der Waals surface area (Å²) in [7, 11) is 0. The summed E-state index contributed by atoms with van der Waals surface area (Å²) in [6, 6.07) is 8.09. The number of carbonyl (C=O) groups excluding carboxylic acids is 1. The van der Waals surface area contributed by atoms with Crippen molar-refractivity contribution in [3.8, 4) is 0 Å². The number of carbonyl (C=O) groups is 1. The molecule has 2 atom stereocenters. The summed E-state index contributed by atoms with van der Waals surface area (Å²) >= 11 is 0. The Hall–Kier alpha value is -1.81. The van der Waals surface area contributed by atoms with Crippen molar-refractivity contribution in [2.45, 2.75) is 31.7 Å². The molecular formula is C15H19N3O. The van der Waals surface area contributed by atoms with Crippen LogP contribution in [0.5, 0.6) is 0 Å². The lowest BCUT2D eigenvalue weighted by Gasteiger charge is -2.25. The Kier molecular flexibility index (Phi) is 3.25. The van der Waals surface area contributed by atoms with Gasteiger partial charge < -0.3 is 16.0 Å². The van der Waals surface area contributed by atoms with Gasteiger partial charge in [-0.15, -0.1) is 0 Å². The van der Waals surface area contributed by atoms with Crippen LogP contribution in [0.15, 0.2) is 30.5 Å². The molecule has 2 aromatic rings. The summed E-state index contributed by atoms with van der Waals surface area (Å²) in [5.41, 5.74) is 7.87. The molecule has 100 valence electrons. The highest BCUT2D eigenvalue weighted by molar-refractivity contribution is 5.95. The van der Waals surface area contributed by atoms with E-state index in [1.165, 1.54) is 0 Å². The maximum absolute atomic E-state index is 12.2. The first kappa shape index (κ1) is 12.2. The molecular weight excluding hydrogens is 238 g/mol. The van der Waals surface area contributed by atoms with Crippen LogP contribution in [0.3, 0.4) is 0 Å². The van der Waals surface area contributed by atoms with Crippen molar-refractivity contribution < 1.29 is 4.79 Å². The minimum Gasteiger partial charge on any atom is -0.361 e. The lowest BCUT2D eigenvalue weighted by molar-refractivity contribution is -0.120. The van der Waals surface area contributed by atoms with E-state index in [1.807, 2.05) is 30.5 Å². The predicted octanol–water partition coefficient (Wildman–Crippen LogP) is 2.62. The van der Waals surface area contributed by atoms with Gasteiger partial charge in [0.1, 0.15) is 0 Å². The number of benzene rings is 1. The maximum atomic E-state index is 12.2. The minimum absolute atomic E-state index is 0.0608. The number of aromatic amines is 1. The predicted molar refractivity (Wildman–Crippen MR) is 76.9 cm³/mol. The number of aromatic nitrogens is 1. The van der Waals surface area contributed by atoms with E-state index in [1.54, 1.807) is 0 Å². The van der Waals surface area contributed by atoms with Crippen molar-refractivity contribution in [3.05, 3.63) is 30.5 Å². The fourth-order valence-corrected chi connectivity index (χ4v) is 2.84. The third kappa shape index (κ3) is 2.63.